The lowest BCUT2D eigenvalue weighted by Crippen LogP contribution is -2.40. The summed E-state index contributed by atoms with van der Waals surface area (Å²) in [5.74, 6) is -1.48. The molecule has 4 rings (SSSR count). The fraction of sp³-hybridized carbons (Fsp3) is 0.565. The van der Waals surface area contributed by atoms with Gasteiger partial charge in [-0.05, 0) is 48.8 Å². The summed E-state index contributed by atoms with van der Waals surface area (Å²) in [4.78, 5) is 30.9. The minimum Gasteiger partial charge on any atom is -0.403 e. The number of amides is 3. The van der Waals surface area contributed by atoms with Crippen molar-refractivity contribution in [1.29, 1.82) is 0 Å². The molecular weight excluding hydrogens is 484 g/mol. The zero-order chi connectivity index (χ0) is 25.9. The molecule has 0 saturated carbocycles. The van der Waals surface area contributed by atoms with Gasteiger partial charge in [0.05, 0.1) is 12.7 Å². The van der Waals surface area contributed by atoms with Gasteiger partial charge in [0.1, 0.15) is 5.69 Å². The summed E-state index contributed by atoms with van der Waals surface area (Å²) >= 11 is 0. The van der Waals surface area contributed by atoms with Gasteiger partial charge in [-0.15, -0.1) is 13.2 Å². The van der Waals surface area contributed by atoms with Gasteiger partial charge in [-0.25, -0.2) is 9.18 Å². The third-order valence-electron chi connectivity index (χ3n) is 6.78. The number of fused-ring (bicyclic) bond motifs is 1. The number of nitrogens with one attached hydrogen (secondary N) is 1. The Balaban J connectivity index is 1.24. The molecule has 3 amide bonds. The monoisotopic (exact) mass is 512 g/mol. The summed E-state index contributed by atoms with van der Waals surface area (Å²) in [5.41, 5.74) is 1.10. The first-order valence-electron chi connectivity index (χ1n) is 11.8. The number of alkyl halides is 3. The van der Waals surface area contributed by atoms with Gasteiger partial charge in [0.15, 0.2) is 11.6 Å². The van der Waals surface area contributed by atoms with E-state index in [1.54, 1.807) is 23.0 Å². The molecule has 36 heavy (non-hydrogen) atoms. The average Bonchev–Trinajstić information content (AvgIpc) is 3.43. The predicted molar refractivity (Wildman–Crippen MR) is 119 cm³/mol. The molecular formula is C23H28F4N6O3. The molecule has 1 aromatic carbocycles. The van der Waals surface area contributed by atoms with E-state index < -0.39 is 17.9 Å². The molecule has 9 nitrogen and oxygen atoms in total. The molecule has 0 aliphatic carbocycles. The minimum absolute atomic E-state index is 0.0575. The van der Waals surface area contributed by atoms with Crippen molar-refractivity contribution in [3.8, 4) is 5.75 Å². The van der Waals surface area contributed by atoms with Gasteiger partial charge in [0.25, 0.3) is 0 Å². The maximum Gasteiger partial charge on any atom is 0.573 e. The van der Waals surface area contributed by atoms with E-state index in [4.69, 9.17) is 0 Å². The molecule has 1 N–H and O–H groups in total. The zero-order valence-electron chi connectivity index (χ0n) is 19.8. The Morgan fingerprint density at radius 3 is 2.44 bits per heavy atom. The molecule has 2 fully saturated rings. The number of urea groups is 1. The third kappa shape index (κ3) is 6.43. The second kappa shape index (κ2) is 10.7. The van der Waals surface area contributed by atoms with Crippen LogP contribution in [0.4, 0.5) is 22.4 Å². The van der Waals surface area contributed by atoms with Crippen LogP contribution in [0.15, 0.2) is 24.4 Å². The van der Waals surface area contributed by atoms with Gasteiger partial charge in [0, 0.05) is 39.6 Å². The Morgan fingerprint density at radius 1 is 1.17 bits per heavy atom. The van der Waals surface area contributed by atoms with Crippen LogP contribution in [0.5, 0.6) is 5.75 Å². The van der Waals surface area contributed by atoms with Crippen molar-refractivity contribution in [3.05, 3.63) is 41.5 Å². The van der Waals surface area contributed by atoms with E-state index >= 15 is 0 Å². The first kappa shape index (κ1) is 25.7. The molecule has 2 atom stereocenters. The van der Waals surface area contributed by atoms with Crippen molar-refractivity contribution in [3.63, 3.8) is 0 Å². The number of carbonyl (C=O) groups is 2. The number of likely N-dealkylation sites (tertiary alicyclic amines) is 2. The maximum atomic E-state index is 13.9. The fourth-order valence-corrected chi connectivity index (χ4v) is 4.92. The maximum absolute atomic E-state index is 13.9. The van der Waals surface area contributed by atoms with Crippen molar-refractivity contribution in [2.75, 3.05) is 33.2 Å². The lowest BCUT2D eigenvalue weighted by atomic mass is 9.92. The largest absolute Gasteiger partial charge is 0.573 e. The highest BCUT2D eigenvalue weighted by Gasteiger charge is 2.38. The third-order valence-corrected chi connectivity index (χ3v) is 6.78. The van der Waals surface area contributed by atoms with E-state index in [1.165, 1.54) is 6.07 Å². The highest BCUT2D eigenvalue weighted by molar-refractivity contribution is 5.76. The van der Waals surface area contributed by atoms with E-state index in [1.807, 2.05) is 4.90 Å². The van der Waals surface area contributed by atoms with E-state index in [-0.39, 0.29) is 24.8 Å². The van der Waals surface area contributed by atoms with E-state index in [0.717, 1.165) is 25.0 Å². The molecule has 1 unspecified atom stereocenters. The number of H-pyrrole nitrogens is 1. The van der Waals surface area contributed by atoms with Crippen LogP contribution in [0, 0.1) is 17.7 Å². The van der Waals surface area contributed by atoms with Crippen LogP contribution >= 0.6 is 0 Å². The summed E-state index contributed by atoms with van der Waals surface area (Å²) in [5, 5.41) is 10.3. The average molecular weight is 513 g/mol. The van der Waals surface area contributed by atoms with Gasteiger partial charge in [-0.2, -0.15) is 15.4 Å². The number of aryl methyl sites for hydroxylation is 1. The molecule has 2 saturated heterocycles. The number of aromatic amines is 1. The number of hydrogen-bond donors (Lipinski definition) is 1. The number of benzene rings is 1. The summed E-state index contributed by atoms with van der Waals surface area (Å²) in [7, 11) is 1.73. The van der Waals surface area contributed by atoms with Crippen molar-refractivity contribution in [2.45, 2.75) is 38.6 Å². The van der Waals surface area contributed by atoms with Crippen LogP contribution in [0.25, 0.3) is 0 Å². The van der Waals surface area contributed by atoms with Crippen molar-refractivity contribution in [2.24, 2.45) is 11.8 Å². The molecule has 13 heteroatoms. The SMILES string of the molecule is CN(Cc1cn[nH]n1)C(=O)N1CC2CCN(C(=O)CCc3ccc(OC(F)(F)F)c(F)c3)CC[C@@H]2C1. The second-order valence-corrected chi connectivity index (χ2v) is 9.30. The van der Waals surface area contributed by atoms with Crippen LogP contribution in [0.3, 0.4) is 0 Å². The van der Waals surface area contributed by atoms with Crippen LogP contribution in [0.1, 0.15) is 30.5 Å². The number of carbonyl (C=O) groups excluding carboxylic acids is 2. The number of ether oxygens (including phenoxy) is 1. The van der Waals surface area contributed by atoms with E-state index in [2.05, 4.69) is 20.1 Å². The first-order chi connectivity index (χ1) is 17.1. The number of hydrogen-bond acceptors (Lipinski definition) is 5. The Kier molecular flexibility index (Phi) is 7.65. The molecule has 2 aliphatic rings. The molecule has 0 spiro atoms. The zero-order valence-corrected chi connectivity index (χ0v) is 19.8. The quantitative estimate of drug-likeness (QED) is 0.600. The highest BCUT2D eigenvalue weighted by Crippen LogP contribution is 2.33. The van der Waals surface area contributed by atoms with Crippen molar-refractivity contribution in [1.82, 2.24) is 30.1 Å². The second-order valence-electron chi connectivity index (χ2n) is 9.30. The molecule has 0 radical (unpaired) electrons. The van der Waals surface area contributed by atoms with Crippen LogP contribution in [-0.4, -0.2) is 81.6 Å². The normalized spacial score (nSPS) is 20.1. The Bertz CT molecular complexity index is 1050. The topological polar surface area (TPSA) is 94.7 Å². The summed E-state index contributed by atoms with van der Waals surface area (Å²) in [6.07, 6.45) is -1.48. The standard InChI is InChI=1S/C23H28F4N6O3/c1-31(14-18-11-28-30-29-18)22(35)33-12-16-6-8-32(9-7-17(16)13-33)21(34)5-3-15-2-4-20(19(24)10-15)36-23(25,26)27/h2,4,10-11,16-17H,3,5-9,12-14H2,1H3,(H,28,29,30)/t16-,17?/m1/s1. The lowest BCUT2D eigenvalue weighted by Gasteiger charge is -2.25. The molecule has 2 aromatic rings. The smallest absolute Gasteiger partial charge is 0.403 e. The summed E-state index contributed by atoms with van der Waals surface area (Å²) in [6.45, 7) is 2.79. The lowest BCUT2D eigenvalue weighted by molar-refractivity contribution is -0.275. The molecule has 0 bridgehead atoms. The van der Waals surface area contributed by atoms with Gasteiger partial charge in [-0.3, -0.25) is 4.79 Å². The number of halogens is 4. The summed E-state index contributed by atoms with van der Waals surface area (Å²) < 4.78 is 54.4. The molecule has 2 aliphatic heterocycles. The number of nitrogens with zero attached hydrogens (tertiary/aromatic N) is 5. The first-order valence-corrected chi connectivity index (χ1v) is 11.8. The van der Waals surface area contributed by atoms with Gasteiger partial charge >= 0.3 is 12.4 Å². The van der Waals surface area contributed by atoms with Crippen molar-refractivity contribution >= 4 is 11.9 Å². The van der Waals surface area contributed by atoms with Crippen molar-refractivity contribution < 1.29 is 31.9 Å². The van der Waals surface area contributed by atoms with Gasteiger partial charge < -0.3 is 19.4 Å². The molecule has 196 valence electrons. The highest BCUT2D eigenvalue weighted by atomic mass is 19.4. The number of rotatable bonds is 6. The van der Waals surface area contributed by atoms with Gasteiger partial charge in [0.2, 0.25) is 5.91 Å². The Morgan fingerprint density at radius 2 is 1.86 bits per heavy atom. The summed E-state index contributed by atoms with van der Waals surface area (Å²) in [6, 6.07) is 3.16. The van der Waals surface area contributed by atoms with E-state index in [9.17, 15) is 27.2 Å². The minimum atomic E-state index is -4.97. The molecule has 3 heterocycles. The van der Waals surface area contributed by atoms with Crippen LogP contribution in [-0.2, 0) is 17.8 Å². The Labute approximate surface area is 205 Å². The van der Waals surface area contributed by atoms with E-state index in [0.29, 0.717) is 55.8 Å². The van der Waals surface area contributed by atoms with Crippen LogP contribution in [0.2, 0.25) is 0 Å². The van der Waals surface area contributed by atoms with Crippen LogP contribution < -0.4 is 4.74 Å². The van der Waals surface area contributed by atoms with Gasteiger partial charge in [-0.1, -0.05) is 6.07 Å². The fourth-order valence-electron chi connectivity index (χ4n) is 4.92. The number of aromatic nitrogens is 3. The molecule has 1 aromatic heterocycles. The Hall–Kier alpha value is -3.38. The predicted octanol–water partition coefficient (Wildman–Crippen LogP) is 3.20.